The van der Waals surface area contributed by atoms with Gasteiger partial charge in [0.25, 0.3) is 11.5 Å². The van der Waals surface area contributed by atoms with Crippen LogP contribution in [0, 0.1) is 0 Å². The van der Waals surface area contributed by atoms with Crippen LogP contribution in [0.4, 0.5) is 0 Å². The van der Waals surface area contributed by atoms with Crippen molar-refractivity contribution in [2.45, 2.75) is 0 Å². The lowest BCUT2D eigenvalue weighted by atomic mass is 10.1. The van der Waals surface area contributed by atoms with E-state index in [1.807, 2.05) is 18.2 Å². The number of rotatable bonds is 1. The zero-order chi connectivity index (χ0) is 13.7. The minimum Gasteiger partial charge on any atom is -0.464 e. The molecule has 1 aliphatic heterocycles. The molecule has 1 aromatic carbocycles. The Bertz CT molecular complexity index is 888. The van der Waals surface area contributed by atoms with Gasteiger partial charge in [-0.3, -0.25) is 9.59 Å². The predicted octanol–water partition coefficient (Wildman–Crippen LogP) is 2.78. The SMILES string of the molecule is O=C1c2ccccc2-c2cc(-c3ccco3)cc(=O)n21. The van der Waals surface area contributed by atoms with Gasteiger partial charge in [0.15, 0.2) is 0 Å². The topological polar surface area (TPSA) is 52.2 Å². The molecule has 0 unspecified atom stereocenters. The van der Waals surface area contributed by atoms with Crippen LogP contribution in [-0.2, 0) is 0 Å². The highest BCUT2D eigenvalue weighted by Crippen LogP contribution is 2.32. The number of hydrogen-bond acceptors (Lipinski definition) is 3. The summed E-state index contributed by atoms with van der Waals surface area (Å²) in [7, 11) is 0. The first-order valence-electron chi connectivity index (χ1n) is 6.21. The first-order chi connectivity index (χ1) is 9.75. The number of furan rings is 1. The highest BCUT2D eigenvalue weighted by Gasteiger charge is 2.27. The number of benzene rings is 1. The molecule has 2 aromatic heterocycles. The van der Waals surface area contributed by atoms with E-state index >= 15 is 0 Å². The number of carbonyl (C=O) groups is 1. The van der Waals surface area contributed by atoms with Crippen molar-refractivity contribution >= 4 is 5.91 Å². The van der Waals surface area contributed by atoms with Crippen LogP contribution in [0.1, 0.15) is 10.4 Å². The van der Waals surface area contributed by atoms with Gasteiger partial charge in [-0.25, -0.2) is 4.57 Å². The summed E-state index contributed by atoms with van der Waals surface area (Å²) >= 11 is 0. The second-order valence-corrected chi connectivity index (χ2v) is 4.63. The van der Waals surface area contributed by atoms with E-state index in [-0.39, 0.29) is 11.5 Å². The molecule has 0 amide bonds. The van der Waals surface area contributed by atoms with Crippen LogP contribution in [0.25, 0.3) is 22.6 Å². The molecule has 0 bridgehead atoms. The Morgan fingerprint density at radius 1 is 0.900 bits per heavy atom. The molecule has 0 radical (unpaired) electrons. The van der Waals surface area contributed by atoms with E-state index < -0.39 is 0 Å². The van der Waals surface area contributed by atoms with Gasteiger partial charge >= 0.3 is 0 Å². The molecule has 4 nitrogen and oxygen atoms in total. The lowest BCUT2D eigenvalue weighted by Crippen LogP contribution is -2.23. The van der Waals surface area contributed by atoms with E-state index in [1.165, 1.54) is 10.6 Å². The van der Waals surface area contributed by atoms with Gasteiger partial charge in [-0.1, -0.05) is 18.2 Å². The molecule has 1 aliphatic rings. The van der Waals surface area contributed by atoms with Crippen LogP contribution in [0.5, 0.6) is 0 Å². The Kier molecular flexibility index (Phi) is 2.09. The third kappa shape index (κ3) is 1.36. The first kappa shape index (κ1) is 11.0. The minimum absolute atomic E-state index is 0.272. The maximum Gasteiger partial charge on any atom is 0.266 e. The van der Waals surface area contributed by atoms with Gasteiger partial charge < -0.3 is 4.42 Å². The van der Waals surface area contributed by atoms with E-state index in [4.69, 9.17) is 4.42 Å². The Hall–Kier alpha value is -2.88. The lowest BCUT2D eigenvalue weighted by molar-refractivity contribution is 0.0965. The molecule has 3 aromatic rings. The summed E-state index contributed by atoms with van der Waals surface area (Å²) < 4.78 is 6.52. The van der Waals surface area contributed by atoms with Crippen LogP contribution < -0.4 is 5.56 Å². The average molecular weight is 263 g/mol. The van der Waals surface area contributed by atoms with Crippen LogP contribution >= 0.6 is 0 Å². The summed E-state index contributed by atoms with van der Waals surface area (Å²) in [6, 6.07) is 14.0. The summed E-state index contributed by atoms with van der Waals surface area (Å²) in [5.41, 5.74) is 2.29. The van der Waals surface area contributed by atoms with Crippen molar-refractivity contribution in [1.29, 1.82) is 0 Å². The molecule has 3 heterocycles. The Labute approximate surface area is 113 Å². The van der Waals surface area contributed by atoms with Crippen LogP contribution in [0.2, 0.25) is 0 Å². The van der Waals surface area contributed by atoms with E-state index in [1.54, 1.807) is 30.5 Å². The molecular formula is C16H9NO3. The number of carbonyl (C=O) groups excluding carboxylic acids is 1. The maximum atomic E-state index is 12.2. The molecule has 0 saturated heterocycles. The maximum absolute atomic E-state index is 12.2. The Balaban J connectivity index is 2.05. The molecule has 0 aliphatic carbocycles. The molecule has 0 atom stereocenters. The number of pyridine rings is 1. The highest BCUT2D eigenvalue weighted by atomic mass is 16.3. The van der Waals surface area contributed by atoms with Crippen LogP contribution in [0.3, 0.4) is 0 Å². The molecular weight excluding hydrogens is 254 g/mol. The van der Waals surface area contributed by atoms with Gasteiger partial charge in [0.1, 0.15) is 5.76 Å². The Morgan fingerprint density at radius 3 is 2.45 bits per heavy atom. The molecule has 4 rings (SSSR count). The molecule has 20 heavy (non-hydrogen) atoms. The third-order valence-corrected chi connectivity index (χ3v) is 3.47. The van der Waals surface area contributed by atoms with Crippen molar-refractivity contribution in [3.8, 4) is 22.6 Å². The van der Waals surface area contributed by atoms with Crippen LogP contribution in [0.15, 0.2) is 64.0 Å². The third-order valence-electron chi connectivity index (χ3n) is 3.47. The quantitative estimate of drug-likeness (QED) is 0.530. The summed E-state index contributed by atoms with van der Waals surface area (Å²) in [6.07, 6.45) is 1.55. The summed E-state index contributed by atoms with van der Waals surface area (Å²) in [5.74, 6) is 0.342. The molecule has 0 fully saturated rings. The largest absolute Gasteiger partial charge is 0.464 e. The van der Waals surface area contributed by atoms with Crippen molar-refractivity contribution < 1.29 is 9.21 Å². The first-order valence-corrected chi connectivity index (χ1v) is 6.21. The van der Waals surface area contributed by atoms with Crippen molar-refractivity contribution in [3.63, 3.8) is 0 Å². The lowest BCUT2D eigenvalue weighted by Gasteiger charge is -2.04. The Morgan fingerprint density at radius 2 is 1.70 bits per heavy atom. The van der Waals surface area contributed by atoms with Crippen molar-refractivity contribution in [2.24, 2.45) is 0 Å². The van der Waals surface area contributed by atoms with E-state index in [0.29, 0.717) is 22.6 Å². The number of hydrogen-bond donors (Lipinski definition) is 0. The van der Waals surface area contributed by atoms with Gasteiger partial charge in [0.05, 0.1) is 12.0 Å². The fourth-order valence-corrected chi connectivity index (χ4v) is 2.58. The summed E-state index contributed by atoms with van der Waals surface area (Å²) in [6.45, 7) is 0. The van der Waals surface area contributed by atoms with E-state index in [2.05, 4.69) is 0 Å². The number of fused-ring (bicyclic) bond motifs is 3. The fourth-order valence-electron chi connectivity index (χ4n) is 2.58. The zero-order valence-corrected chi connectivity index (χ0v) is 10.4. The van der Waals surface area contributed by atoms with Crippen LogP contribution in [-0.4, -0.2) is 10.5 Å². The van der Waals surface area contributed by atoms with Gasteiger partial charge in [-0.2, -0.15) is 0 Å². The highest BCUT2D eigenvalue weighted by molar-refractivity contribution is 6.08. The molecule has 0 saturated carbocycles. The van der Waals surface area contributed by atoms with Gasteiger partial charge in [0.2, 0.25) is 0 Å². The second kappa shape index (κ2) is 3.81. The second-order valence-electron chi connectivity index (χ2n) is 4.63. The minimum atomic E-state index is -0.338. The molecule has 4 heteroatoms. The molecule has 0 spiro atoms. The van der Waals surface area contributed by atoms with E-state index in [9.17, 15) is 9.59 Å². The standard InChI is InChI=1S/C16H9NO3/c18-15-9-10(14-6-3-7-20-14)8-13-11-4-1-2-5-12(11)16(19)17(13)15/h1-9H. The average Bonchev–Trinajstić information content (AvgIpc) is 3.08. The number of aromatic nitrogens is 1. The molecule has 0 N–H and O–H groups in total. The van der Waals surface area contributed by atoms with Gasteiger partial charge in [-0.15, -0.1) is 0 Å². The summed E-state index contributed by atoms with van der Waals surface area (Å²) in [5, 5.41) is 0. The van der Waals surface area contributed by atoms with E-state index in [0.717, 1.165) is 5.56 Å². The summed E-state index contributed by atoms with van der Waals surface area (Å²) in [4.78, 5) is 24.5. The fraction of sp³-hybridized carbons (Fsp3) is 0. The predicted molar refractivity (Wildman–Crippen MR) is 73.6 cm³/mol. The molecule has 96 valence electrons. The van der Waals surface area contributed by atoms with Crippen molar-refractivity contribution in [1.82, 2.24) is 4.57 Å². The monoisotopic (exact) mass is 263 g/mol. The van der Waals surface area contributed by atoms with Gasteiger partial charge in [-0.05, 0) is 24.3 Å². The van der Waals surface area contributed by atoms with Crippen molar-refractivity contribution in [2.75, 3.05) is 0 Å². The normalized spacial score (nSPS) is 12.3. The zero-order valence-electron chi connectivity index (χ0n) is 10.4. The number of nitrogens with zero attached hydrogens (tertiary/aromatic N) is 1. The smallest absolute Gasteiger partial charge is 0.266 e. The van der Waals surface area contributed by atoms with Crippen molar-refractivity contribution in [3.05, 3.63) is 70.7 Å². The van der Waals surface area contributed by atoms with Gasteiger partial charge in [0, 0.05) is 22.8 Å².